The number of carboxylic acids is 2. The van der Waals surface area contributed by atoms with Crippen LogP contribution in [0.3, 0.4) is 0 Å². The fourth-order valence-electron chi connectivity index (χ4n) is 7.99. The number of carboxylic acid groups (broad SMARTS) is 2. The van der Waals surface area contributed by atoms with Crippen molar-refractivity contribution in [1.82, 2.24) is 47.9 Å². The van der Waals surface area contributed by atoms with Gasteiger partial charge >= 0.3 is 17.9 Å². The summed E-state index contributed by atoms with van der Waals surface area (Å²) < 4.78 is 5.10. The molecule has 9 amide bonds. The lowest BCUT2D eigenvalue weighted by Crippen LogP contribution is -2.62. The Morgan fingerprint density at radius 2 is 1.13 bits per heavy atom. The number of esters is 1. The molecule has 1 fully saturated rings. The van der Waals surface area contributed by atoms with Crippen molar-refractivity contribution in [3.05, 3.63) is 11.8 Å². The smallest absolute Gasteiger partial charge is 0.335 e. The maximum Gasteiger partial charge on any atom is 0.335 e. The Morgan fingerprint density at radius 1 is 0.624 bits per heavy atom. The third kappa shape index (κ3) is 30.3. The number of cyclic esters (lactones) is 1. The average Bonchev–Trinajstić information content (AvgIpc) is 3.66. The fourth-order valence-corrected chi connectivity index (χ4v) is 8.17. The van der Waals surface area contributed by atoms with E-state index < -0.39 is 181 Å². The van der Waals surface area contributed by atoms with Crippen molar-refractivity contribution in [1.29, 1.82) is 0 Å². The highest BCUT2D eigenvalue weighted by molar-refractivity contribution is 6.18. The van der Waals surface area contributed by atoms with Crippen LogP contribution in [-0.4, -0.2) is 218 Å². The Hall–Kier alpha value is -6.65. The van der Waals surface area contributed by atoms with E-state index >= 15 is 0 Å². The number of alkyl halides is 1. The number of hydrogen-bond acceptors (Lipinski definition) is 21. The highest BCUT2D eigenvalue weighted by Gasteiger charge is 2.40. The first-order chi connectivity index (χ1) is 40.1. The monoisotopic (exact) mass is 1240 g/mol. The van der Waals surface area contributed by atoms with Crippen LogP contribution in [0.4, 0.5) is 0 Å². The zero-order valence-corrected chi connectivity index (χ0v) is 49.5. The Morgan fingerprint density at radius 3 is 1.61 bits per heavy atom. The molecule has 32 nitrogen and oxygen atoms in total. The largest absolute Gasteiger partial charge is 0.481 e. The molecule has 1 aliphatic rings. The first-order valence-corrected chi connectivity index (χ1v) is 28.7. The molecule has 1 rings (SSSR count). The van der Waals surface area contributed by atoms with Crippen molar-refractivity contribution in [2.45, 2.75) is 210 Å². The molecule has 0 radical (unpaired) electrons. The Labute approximate surface area is 498 Å². The summed E-state index contributed by atoms with van der Waals surface area (Å²) in [5.74, 6) is -17.5. The van der Waals surface area contributed by atoms with Crippen LogP contribution in [0.25, 0.3) is 0 Å². The number of halogens is 1. The number of unbranched alkanes of at least 4 members (excludes halogenated alkanes) is 7. The van der Waals surface area contributed by atoms with E-state index in [2.05, 4.69) is 44.1 Å². The molecule has 0 saturated carbocycles. The second-order valence-electron chi connectivity index (χ2n) is 20.0. The summed E-state index contributed by atoms with van der Waals surface area (Å²) in [6, 6.07) is -15.5. The van der Waals surface area contributed by atoms with Crippen LogP contribution in [-0.2, 0) is 62.3 Å². The lowest BCUT2D eigenvalue weighted by atomic mass is 10.0. The Kier molecular flexibility index (Phi) is 39.7. The minimum absolute atomic E-state index is 0.134. The minimum Gasteiger partial charge on any atom is -0.481 e. The highest BCUT2D eigenvalue weighted by Crippen LogP contribution is 2.13. The molecule has 85 heavy (non-hydrogen) atoms. The lowest BCUT2D eigenvalue weighted by molar-refractivity contribution is -0.155. The molecule has 1 heterocycles. The maximum absolute atomic E-state index is 13.8. The van der Waals surface area contributed by atoms with E-state index in [9.17, 15) is 93.3 Å². The average molecular weight is 1240 g/mol. The van der Waals surface area contributed by atoms with Gasteiger partial charge in [0.15, 0.2) is 12.1 Å². The van der Waals surface area contributed by atoms with E-state index in [1.54, 1.807) is 0 Å². The number of carbonyl (C=O) groups is 12. The summed E-state index contributed by atoms with van der Waals surface area (Å²) in [7, 11) is 0. The van der Waals surface area contributed by atoms with Gasteiger partial charge in [-0.05, 0) is 78.4 Å². The van der Waals surface area contributed by atoms with Crippen LogP contribution in [0.1, 0.15) is 131 Å². The molecule has 0 aromatic rings. The van der Waals surface area contributed by atoms with E-state index in [4.69, 9.17) is 33.5 Å². The van der Waals surface area contributed by atoms with Gasteiger partial charge in [0.25, 0.3) is 5.91 Å². The topological polar surface area (TPSA) is 542 Å². The van der Waals surface area contributed by atoms with Crippen molar-refractivity contribution in [2.75, 3.05) is 32.1 Å². The minimum atomic E-state index is -2.80. The van der Waals surface area contributed by atoms with Gasteiger partial charge in [0.1, 0.15) is 54.6 Å². The van der Waals surface area contributed by atoms with Gasteiger partial charge in [-0.3, -0.25) is 47.9 Å². The molecule has 22 N–H and O–H groups in total. The number of aliphatic hydroxyl groups is 5. The summed E-state index contributed by atoms with van der Waals surface area (Å²) in [6.07, 6.45) is 1.94. The van der Waals surface area contributed by atoms with Gasteiger partial charge in [-0.15, -0.1) is 11.6 Å². The Balaban J connectivity index is 0.00000409. The van der Waals surface area contributed by atoms with Crippen LogP contribution in [0, 0.1) is 0 Å². The molecule has 33 heteroatoms. The van der Waals surface area contributed by atoms with E-state index in [0.29, 0.717) is 12.8 Å². The van der Waals surface area contributed by atoms with E-state index in [-0.39, 0.29) is 38.9 Å². The van der Waals surface area contributed by atoms with Crippen molar-refractivity contribution in [3.63, 3.8) is 0 Å². The normalized spacial score (nSPS) is 24.4. The molecule has 0 spiro atoms. The van der Waals surface area contributed by atoms with E-state index in [0.717, 1.165) is 32.8 Å². The van der Waals surface area contributed by atoms with Crippen molar-refractivity contribution in [2.24, 2.45) is 17.2 Å². The third-order valence-electron chi connectivity index (χ3n) is 12.9. The number of nitrogens with one attached hydrogen (secondary N) is 9. The van der Waals surface area contributed by atoms with Gasteiger partial charge in [0, 0.05) is 6.92 Å². The summed E-state index contributed by atoms with van der Waals surface area (Å²) in [5.41, 5.74) is 16.2. The molecule has 0 aliphatic carbocycles. The first-order valence-electron chi connectivity index (χ1n) is 28.1. The van der Waals surface area contributed by atoms with Gasteiger partial charge in [-0.1, -0.05) is 64.9 Å². The standard InChI is InChI=1S/C39H63ClN12O18.C13H28O2/c1-4-18-30(59)52-28(29(58)38(67)68)37(66)51-27(24(55)14-40)39(69)70-15-23(44-17(3)54)35(64)48-20(8-11-42)32(61)49-22(13-25(56)57)34(63)46-19(7-5-6-10-41)31(60)47-21(9-12-43)33(62)50-26(16(2)53)36(65)45-18;1-3-5-6-7-8-9-10-11-13(15)12(14)4-2/h4,16,19-24,26-29,53,55,58H,5-15,41-43H2,1-3H3,(H,44,54)(H,45,65)(H,46,63)(H,47,60)(H,48,64)(H,49,61)(H,50,62)(H,51,66)(H,52,59)(H,56,57)(H,67,68);12-15H,3-11H2,1-2H3/b18-4-;/t16-,19-,20+,21-,22-,23-,24+,26-,27-,28-,29-;/m0./s1. The predicted molar refractivity (Wildman–Crippen MR) is 303 cm³/mol. The molecule has 0 aromatic carbocycles. The van der Waals surface area contributed by atoms with Crippen LogP contribution in [0.15, 0.2) is 11.8 Å². The highest BCUT2D eigenvalue weighted by atomic mass is 35.5. The zero-order chi connectivity index (χ0) is 64.9. The van der Waals surface area contributed by atoms with Crippen LogP contribution in [0.2, 0.25) is 0 Å². The van der Waals surface area contributed by atoms with Crippen molar-refractivity contribution < 1.29 is 98.0 Å². The van der Waals surface area contributed by atoms with Crippen LogP contribution in [0.5, 0.6) is 0 Å². The molecule has 1 saturated heterocycles. The molecule has 2 unspecified atom stereocenters. The summed E-state index contributed by atoms with van der Waals surface area (Å²) in [5, 5.41) is 89.0. The summed E-state index contributed by atoms with van der Waals surface area (Å²) in [4.78, 5) is 158. The number of ether oxygens (including phenoxy) is 1. The third-order valence-corrected chi connectivity index (χ3v) is 13.2. The van der Waals surface area contributed by atoms with Crippen LogP contribution >= 0.6 is 11.6 Å². The van der Waals surface area contributed by atoms with Gasteiger partial charge < -0.3 is 106 Å². The van der Waals surface area contributed by atoms with Crippen molar-refractivity contribution >= 4 is 82.7 Å². The van der Waals surface area contributed by atoms with E-state index in [1.807, 2.05) is 17.6 Å². The van der Waals surface area contributed by atoms with Gasteiger partial charge in [0.05, 0.1) is 36.7 Å². The van der Waals surface area contributed by atoms with Crippen molar-refractivity contribution in [3.8, 4) is 0 Å². The number of nitrogens with two attached hydrogens (primary N) is 3. The quantitative estimate of drug-likeness (QED) is 0.0166. The lowest BCUT2D eigenvalue weighted by Gasteiger charge is -2.28. The number of rotatable bonds is 26. The van der Waals surface area contributed by atoms with Crippen LogP contribution < -0.4 is 65.1 Å². The molecular formula is C52H91ClN12O20. The second kappa shape index (κ2) is 43.0. The van der Waals surface area contributed by atoms with Gasteiger partial charge in [-0.2, -0.15) is 0 Å². The molecule has 486 valence electrons. The SMILES string of the molecule is C/C=C1\NC(=O)[C@H]([C@H](C)O)NC(=O)[C@H](CCN)NC(=O)[C@H](CCCCN)NC(=O)[C@H](CC(=O)O)NC(=O)[C@@H](CCN)NC(=O)[C@@H](NC(C)=O)COC(=O)[C@H]([C@H](O)CCl)NC(=O)[C@H]([C@H](O)C(=O)O)NC1=O.CCCCCCCCCC(O)C(O)CC. The number of amides is 9. The number of aliphatic hydroxyl groups excluding tert-OH is 5. The second-order valence-corrected chi connectivity index (χ2v) is 20.3. The van der Waals surface area contributed by atoms with Gasteiger partial charge in [-0.25, -0.2) is 9.59 Å². The van der Waals surface area contributed by atoms with E-state index in [1.165, 1.54) is 45.4 Å². The summed E-state index contributed by atoms with van der Waals surface area (Å²) >= 11 is 5.74. The number of hydrogen-bond donors (Lipinski definition) is 19. The Bertz CT molecular complexity index is 2210. The number of carbonyl (C=O) groups excluding carboxylic acids is 10. The molecule has 1 aliphatic heterocycles. The predicted octanol–water partition coefficient (Wildman–Crippen LogP) is -5.55. The maximum atomic E-state index is 13.8. The number of aliphatic carboxylic acids is 2. The number of allylic oxidation sites excluding steroid dienone is 1. The molecule has 13 atom stereocenters. The molecule has 0 aromatic heterocycles. The molecule has 0 bridgehead atoms. The van der Waals surface area contributed by atoms with Gasteiger partial charge in [0.2, 0.25) is 47.3 Å². The first kappa shape index (κ1) is 78.4. The summed E-state index contributed by atoms with van der Waals surface area (Å²) in [6.45, 7) is 5.67. The fraction of sp³-hybridized carbons (Fsp3) is 0.731. The zero-order valence-electron chi connectivity index (χ0n) is 48.8. The molecular weight excluding hydrogens is 1150 g/mol.